The summed E-state index contributed by atoms with van der Waals surface area (Å²) in [5.41, 5.74) is 0.428. The molecule has 118 valence electrons. The number of nitrogens with zero attached hydrogens (tertiary/aromatic N) is 3. The third kappa shape index (κ3) is 2.48. The molecule has 1 aromatic heterocycles. The molecule has 0 saturated carbocycles. The van der Waals surface area contributed by atoms with Crippen molar-refractivity contribution in [1.29, 1.82) is 0 Å². The van der Waals surface area contributed by atoms with E-state index in [2.05, 4.69) is 15.2 Å². The monoisotopic (exact) mass is 314 g/mol. The zero-order valence-electron chi connectivity index (χ0n) is 12.5. The van der Waals surface area contributed by atoms with E-state index in [4.69, 9.17) is 4.84 Å². The Hall–Kier alpha value is -3.03. The third-order valence-corrected chi connectivity index (χ3v) is 3.59. The Bertz CT molecular complexity index is 735. The van der Waals surface area contributed by atoms with Crippen LogP contribution in [0.2, 0.25) is 0 Å². The van der Waals surface area contributed by atoms with E-state index in [1.54, 1.807) is 26.0 Å². The summed E-state index contributed by atoms with van der Waals surface area (Å²) in [6, 6.07) is 6.31. The molecule has 1 unspecified atom stereocenters. The SMILES string of the molecule is CC(C)C(C(=O)ON1C(=O)c2ccccc2C1=O)c1ncn[nH]1. The third-order valence-electron chi connectivity index (χ3n) is 3.59. The van der Waals surface area contributed by atoms with Crippen LogP contribution >= 0.6 is 0 Å². The van der Waals surface area contributed by atoms with Crippen LogP contribution in [0.1, 0.15) is 46.3 Å². The van der Waals surface area contributed by atoms with Crippen LogP contribution in [0, 0.1) is 5.92 Å². The normalized spacial score (nSPS) is 15.0. The minimum absolute atomic E-state index is 0.161. The van der Waals surface area contributed by atoms with Crippen molar-refractivity contribution < 1.29 is 19.2 Å². The Labute approximate surface area is 131 Å². The van der Waals surface area contributed by atoms with Gasteiger partial charge in [0.05, 0.1) is 11.1 Å². The van der Waals surface area contributed by atoms with Crippen molar-refractivity contribution in [3.8, 4) is 0 Å². The lowest BCUT2D eigenvalue weighted by Crippen LogP contribution is -2.36. The second kappa shape index (κ2) is 5.64. The number of hydrogen-bond donors (Lipinski definition) is 1. The molecule has 1 aromatic carbocycles. The van der Waals surface area contributed by atoms with Crippen molar-refractivity contribution in [2.24, 2.45) is 5.92 Å². The molecule has 8 nitrogen and oxygen atoms in total. The molecule has 1 N–H and O–H groups in total. The summed E-state index contributed by atoms with van der Waals surface area (Å²) in [7, 11) is 0. The Balaban J connectivity index is 1.84. The van der Waals surface area contributed by atoms with Crippen LogP contribution in [0.15, 0.2) is 30.6 Å². The maximum atomic E-state index is 12.4. The highest BCUT2D eigenvalue weighted by atomic mass is 16.7. The summed E-state index contributed by atoms with van der Waals surface area (Å²) >= 11 is 0. The van der Waals surface area contributed by atoms with Crippen molar-refractivity contribution >= 4 is 17.8 Å². The topological polar surface area (TPSA) is 105 Å². The Kier molecular flexibility index (Phi) is 3.65. The lowest BCUT2D eigenvalue weighted by molar-refractivity contribution is -0.171. The molecule has 0 aliphatic carbocycles. The first-order valence-electron chi connectivity index (χ1n) is 7.05. The van der Waals surface area contributed by atoms with Crippen molar-refractivity contribution in [1.82, 2.24) is 20.2 Å². The van der Waals surface area contributed by atoms with E-state index in [1.165, 1.54) is 18.5 Å². The molecule has 0 spiro atoms. The fourth-order valence-corrected chi connectivity index (χ4v) is 2.46. The molecule has 8 heteroatoms. The van der Waals surface area contributed by atoms with Gasteiger partial charge in [-0.1, -0.05) is 31.0 Å². The number of aromatic amines is 1. The number of benzene rings is 1. The van der Waals surface area contributed by atoms with Crippen molar-refractivity contribution in [3.63, 3.8) is 0 Å². The summed E-state index contributed by atoms with van der Waals surface area (Å²) in [6.45, 7) is 3.60. The minimum atomic E-state index is -0.762. The van der Waals surface area contributed by atoms with Crippen LogP contribution < -0.4 is 0 Å². The second-order valence-electron chi connectivity index (χ2n) is 5.45. The number of carbonyl (C=O) groups excluding carboxylic acids is 3. The maximum Gasteiger partial charge on any atom is 0.344 e. The average Bonchev–Trinajstić information content (AvgIpc) is 3.11. The molecule has 3 rings (SSSR count). The summed E-state index contributed by atoms with van der Waals surface area (Å²) in [5, 5.41) is 6.82. The van der Waals surface area contributed by atoms with E-state index in [1.807, 2.05) is 0 Å². The number of hydrogen-bond acceptors (Lipinski definition) is 6. The predicted octanol–water partition coefficient (Wildman–Crippen LogP) is 1.30. The standard InChI is InChI=1S/C15H14N4O4/c1-8(2)11(12-16-7-17-18-12)15(22)23-19-13(20)9-5-3-4-6-10(9)14(19)21/h3-8,11H,1-2H3,(H,16,17,18). The number of fused-ring (bicyclic) bond motifs is 1. The molecule has 2 aromatic rings. The molecule has 0 radical (unpaired) electrons. The molecule has 1 aliphatic heterocycles. The van der Waals surface area contributed by atoms with Gasteiger partial charge in [0, 0.05) is 0 Å². The highest BCUT2D eigenvalue weighted by Gasteiger charge is 2.40. The Morgan fingerprint density at radius 1 is 1.17 bits per heavy atom. The highest BCUT2D eigenvalue weighted by molar-refractivity contribution is 6.20. The van der Waals surface area contributed by atoms with Crippen LogP contribution in [0.25, 0.3) is 0 Å². The van der Waals surface area contributed by atoms with E-state index >= 15 is 0 Å². The fourth-order valence-electron chi connectivity index (χ4n) is 2.46. The number of carbonyl (C=O) groups is 3. The van der Waals surface area contributed by atoms with Crippen LogP contribution in [0.4, 0.5) is 0 Å². The molecule has 2 heterocycles. The van der Waals surface area contributed by atoms with Crippen molar-refractivity contribution in [3.05, 3.63) is 47.5 Å². The summed E-state index contributed by atoms with van der Waals surface area (Å²) in [6.07, 6.45) is 1.28. The number of rotatable bonds is 4. The molecule has 0 fully saturated rings. The van der Waals surface area contributed by atoms with E-state index in [0.717, 1.165) is 0 Å². The summed E-state index contributed by atoms with van der Waals surface area (Å²) < 4.78 is 0. The first-order chi connectivity index (χ1) is 11.0. The van der Waals surface area contributed by atoms with Gasteiger partial charge in [0.2, 0.25) is 0 Å². The lowest BCUT2D eigenvalue weighted by Gasteiger charge is -2.19. The lowest BCUT2D eigenvalue weighted by atomic mass is 9.95. The summed E-state index contributed by atoms with van der Waals surface area (Å²) in [5.74, 6) is -2.65. The zero-order valence-corrected chi connectivity index (χ0v) is 12.5. The molecule has 0 saturated heterocycles. The highest BCUT2D eigenvalue weighted by Crippen LogP contribution is 2.27. The average molecular weight is 314 g/mol. The molecule has 23 heavy (non-hydrogen) atoms. The largest absolute Gasteiger partial charge is 0.344 e. The van der Waals surface area contributed by atoms with E-state index in [0.29, 0.717) is 10.9 Å². The van der Waals surface area contributed by atoms with Gasteiger partial charge in [-0.15, -0.1) is 0 Å². The smallest absolute Gasteiger partial charge is 0.329 e. The van der Waals surface area contributed by atoms with Crippen LogP contribution in [0.5, 0.6) is 0 Å². The van der Waals surface area contributed by atoms with E-state index in [-0.39, 0.29) is 17.0 Å². The number of imide groups is 1. The molecule has 1 aliphatic rings. The maximum absolute atomic E-state index is 12.4. The van der Waals surface area contributed by atoms with Crippen LogP contribution in [-0.4, -0.2) is 38.0 Å². The second-order valence-corrected chi connectivity index (χ2v) is 5.45. The van der Waals surface area contributed by atoms with Gasteiger partial charge in [0.15, 0.2) is 0 Å². The number of aromatic nitrogens is 3. The van der Waals surface area contributed by atoms with Gasteiger partial charge in [0.25, 0.3) is 11.8 Å². The van der Waals surface area contributed by atoms with Gasteiger partial charge < -0.3 is 4.84 Å². The number of nitrogens with one attached hydrogen (secondary N) is 1. The van der Waals surface area contributed by atoms with Crippen LogP contribution in [-0.2, 0) is 9.63 Å². The van der Waals surface area contributed by atoms with Crippen molar-refractivity contribution in [2.45, 2.75) is 19.8 Å². The minimum Gasteiger partial charge on any atom is -0.329 e. The molecule has 1 atom stereocenters. The van der Waals surface area contributed by atoms with Crippen LogP contribution in [0.3, 0.4) is 0 Å². The first-order valence-corrected chi connectivity index (χ1v) is 7.05. The zero-order chi connectivity index (χ0) is 16.6. The number of H-pyrrole nitrogens is 1. The Morgan fingerprint density at radius 2 is 1.78 bits per heavy atom. The number of amides is 2. The summed E-state index contributed by atoms with van der Waals surface area (Å²) in [4.78, 5) is 45.9. The van der Waals surface area contributed by atoms with E-state index < -0.39 is 23.7 Å². The number of hydroxylamine groups is 2. The van der Waals surface area contributed by atoms with Gasteiger partial charge in [-0.05, 0) is 18.1 Å². The van der Waals surface area contributed by atoms with E-state index in [9.17, 15) is 14.4 Å². The van der Waals surface area contributed by atoms with Gasteiger partial charge in [0.1, 0.15) is 18.1 Å². The molecular weight excluding hydrogens is 300 g/mol. The molecular formula is C15H14N4O4. The Morgan fingerprint density at radius 3 is 2.26 bits per heavy atom. The predicted molar refractivity (Wildman–Crippen MR) is 77.0 cm³/mol. The first kappa shape index (κ1) is 14.9. The van der Waals surface area contributed by atoms with Gasteiger partial charge in [-0.25, -0.2) is 9.78 Å². The van der Waals surface area contributed by atoms with Gasteiger partial charge in [-0.2, -0.15) is 5.10 Å². The van der Waals surface area contributed by atoms with Gasteiger partial charge >= 0.3 is 5.97 Å². The quantitative estimate of drug-likeness (QED) is 0.853. The molecule has 2 amide bonds. The molecule has 0 bridgehead atoms. The van der Waals surface area contributed by atoms with Gasteiger partial charge in [-0.3, -0.25) is 14.7 Å². The fraction of sp³-hybridized carbons (Fsp3) is 0.267. The van der Waals surface area contributed by atoms with Crippen molar-refractivity contribution in [2.75, 3.05) is 0 Å².